The average Bonchev–Trinajstić information content (AvgIpc) is 2.81. The van der Waals surface area contributed by atoms with Crippen LogP contribution in [0.2, 0.25) is 0 Å². The van der Waals surface area contributed by atoms with E-state index in [0.717, 1.165) is 5.92 Å². The predicted molar refractivity (Wildman–Crippen MR) is 69.8 cm³/mol. The molecule has 1 unspecified atom stereocenters. The van der Waals surface area contributed by atoms with E-state index >= 15 is 0 Å². The van der Waals surface area contributed by atoms with Crippen molar-refractivity contribution >= 4 is 0 Å². The fourth-order valence-electron chi connectivity index (χ4n) is 2.60. The van der Waals surface area contributed by atoms with Crippen LogP contribution in [-0.2, 0) is 0 Å². The molecule has 1 aliphatic carbocycles. The Morgan fingerprint density at radius 3 is 2.12 bits per heavy atom. The molecule has 16 heavy (non-hydrogen) atoms. The van der Waals surface area contributed by atoms with Gasteiger partial charge >= 0.3 is 0 Å². The molecule has 0 aliphatic heterocycles. The molecule has 1 fully saturated rings. The largest absolute Gasteiger partial charge is 0.303 e. The molecule has 0 radical (unpaired) electrons. The summed E-state index contributed by atoms with van der Waals surface area (Å²) in [6.07, 6.45) is 5.62. The summed E-state index contributed by atoms with van der Waals surface area (Å²) in [5.74, 6) is 0.837. The highest BCUT2D eigenvalue weighted by Crippen LogP contribution is 2.34. The van der Waals surface area contributed by atoms with Crippen LogP contribution in [-0.4, -0.2) is 19.0 Å². The molecule has 88 valence electrons. The Hall–Kier alpha value is -0.820. The Bertz CT molecular complexity index is 299. The summed E-state index contributed by atoms with van der Waals surface area (Å²) >= 11 is 0. The number of rotatable bonds is 3. The molecule has 1 saturated carbocycles. The van der Waals surface area contributed by atoms with Gasteiger partial charge < -0.3 is 4.90 Å². The van der Waals surface area contributed by atoms with Gasteiger partial charge in [-0.05, 0) is 50.9 Å². The molecule has 1 nitrogen and oxygen atoms in total. The molecule has 1 atom stereocenters. The van der Waals surface area contributed by atoms with Crippen LogP contribution in [0.1, 0.15) is 55.7 Å². The topological polar surface area (TPSA) is 3.24 Å². The molecule has 0 N–H and O–H groups in total. The summed E-state index contributed by atoms with van der Waals surface area (Å²) in [5, 5.41) is 0. The van der Waals surface area contributed by atoms with E-state index < -0.39 is 0 Å². The molecule has 1 heteroatoms. The molecule has 0 heterocycles. The average molecular weight is 217 g/mol. The second-order valence-electron chi connectivity index (χ2n) is 5.29. The van der Waals surface area contributed by atoms with E-state index in [0.29, 0.717) is 6.04 Å². The summed E-state index contributed by atoms with van der Waals surface area (Å²) in [6, 6.07) is 9.80. The van der Waals surface area contributed by atoms with Crippen LogP contribution in [0.4, 0.5) is 0 Å². The Kier molecular flexibility index (Phi) is 3.65. The zero-order valence-corrected chi connectivity index (χ0v) is 10.7. The normalized spacial score (nSPS) is 19.2. The van der Waals surface area contributed by atoms with Crippen molar-refractivity contribution in [2.75, 3.05) is 14.1 Å². The Balaban J connectivity index is 2.09. The summed E-state index contributed by atoms with van der Waals surface area (Å²) < 4.78 is 0. The maximum absolute atomic E-state index is 2.34. The van der Waals surface area contributed by atoms with Crippen molar-refractivity contribution in [2.24, 2.45) is 0 Å². The van der Waals surface area contributed by atoms with Gasteiger partial charge in [-0.3, -0.25) is 0 Å². The number of hydrogen-bond acceptors (Lipinski definition) is 1. The molecule has 0 bridgehead atoms. The van der Waals surface area contributed by atoms with Crippen LogP contribution in [0, 0.1) is 0 Å². The third kappa shape index (κ3) is 2.46. The standard InChI is InChI=1S/C15H23N/c1-12(16(2)3)13-8-10-15(11-9-13)14-6-4-5-7-14/h8-12,14H,4-7H2,1-3H3. The van der Waals surface area contributed by atoms with Crippen molar-refractivity contribution in [1.82, 2.24) is 4.90 Å². The minimum Gasteiger partial charge on any atom is -0.303 e. The van der Waals surface area contributed by atoms with Gasteiger partial charge in [0.1, 0.15) is 0 Å². The molecular weight excluding hydrogens is 194 g/mol. The summed E-state index contributed by atoms with van der Waals surface area (Å²) in [5.41, 5.74) is 2.97. The van der Waals surface area contributed by atoms with Crippen LogP contribution in [0.25, 0.3) is 0 Å². The third-order valence-corrected chi connectivity index (χ3v) is 4.02. The molecule has 1 aliphatic rings. The van der Waals surface area contributed by atoms with Gasteiger partial charge in [0.05, 0.1) is 0 Å². The quantitative estimate of drug-likeness (QED) is 0.740. The molecule has 2 rings (SSSR count). The Morgan fingerprint density at radius 2 is 1.62 bits per heavy atom. The fourth-order valence-corrected chi connectivity index (χ4v) is 2.60. The van der Waals surface area contributed by atoms with E-state index in [1.807, 2.05) is 0 Å². The van der Waals surface area contributed by atoms with Gasteiger partial charge in [-0.2, -0.15) is 0 Å². The molecule has 0 amide bonds. The fraction of sp³-hybridized carbons (Fsp3) is 0.600. The van der Waals surface area contributed by atoms with Crippen molar-refractivity contribution in [2.45, 2.75) is 44.6 Å². The van der Waals surface area contributed by atoms with Gasteiger partial charge in [-0.15, -0.1) is 0 Å². The predicted octanol–water partition coefficient (Wildman–Crippen LogP) is 3.97. The van der Waals surface area contributed by atoms with Gasteiger partial charge in [-0.1, -0.05) is 37.1 Å². The Morgan fingerprint density at radius 1 is 1.06 bits per heavy atom. The van der Waals surface area contributed by atoms with Gasteiger partial charge in [0.2, 0.25) is 0 Å². The molecule has 1 aromatic carbocycles. The van der Waals surface area contributed by atoms with Crippen LogP contribution >= 0.6 is 0 Å². The second kappa shape index (κ2) is 5.01. The monoisotopic (exact) mass is 217 g/mol. The van der Waals surface area contributed by atoms with Crippen LogP contribution in [0.15, 0.2) is 24.3 Å². The molecule has 0 aromatic heterocycles. The van der Waals surface area contributed by atoms with Crippen molar-refractivity contribution in [3.63, 3.8) is 0 Å². The van der Waals surface area contributed by atoms with E-state index in [1.54, 1.807) is 5.56 Å². The summed E-state index contributed by atoms with van der Waals surface area (Å²) in [7, 11) is 4.27. The Labute approximate surface area is 99.5 Å². The second-order valence-corrected chi connectivity index (χ2v) is 5.29. The van der Waals surface area contributed by atoms with E-state index in [2.05, 4.69) is 50.2 Å². The SMILES string of the molecule is CC(c1ccc(C2CCCC2)cc1)N(C)C. The van der Waals surface area contributed by atoms with E-state index in [1.165, 1.54) is 31.2 Å². The maximum atomic E-state index is 2.34. The van der Waals surface area contributed by atoms with Gasteiger partial charge in [0.15, 0.2) is 0 Å². The van der Waals surface area contributed by atoms with Crippen molar-refractivity contribution < 1.29 is 0 Å². The van der Waals surface area contributed by atoms with Crippen LogP contribution in [0.5, 0.6) is 0 Å². The van der Waals surface area contributed by atoms with Crippen molar-refractivity contribution in [1.29, 1.82) is 0 Å². The highest BCUT2D eigenvalue weighted by Gasteiger charge is 2.17. The first-order valence-corrected chi connectivity index (χ1v) is 6.45. The first kappa shape index (κ1) is 11.7. The molecule has 0 spiro atoms. The van der Waals surface area contributed by atoms with E-state index in [4.69, 9.17) is 0 Å². The van der Waals surface area contributed by atoms with Gasteiger partial charge in [0, 0.05) is 6.04 Å². The number of nitrogens with zero attached hydrogens (tertiary/aromatic N) is 1. The lowest BCUT2D eigenvalue weighted by Crippen LogP contribution is -2.16. The zero-order chi connectivity index (χ0) is 11.5. The zero-order valence-electron chi connectivity index (χ0n) is 10.7. The number of benzene rings is 1. The molecule has 0 saturated heterocycles. The number of hydrogen-bond donors (Lipinski definition) is 0. The van der Waals surface area contributed by atoms with Gasteiger partial charge in [-0.25, -0.2) is 0 Å². The lowest BCUT2D eigenvalue weighted by atomic mass is 9.95. The highest BCUT2D eigenvalue weighted by atomic mass is 15.1. The van der Waals surface area contributed by atoms with Crippen LogP contribution in [0.3, 0.4) is 0 Å². The van der Waals surface area contributed by atoms with Crippen molar-refractivity contribution in [3.8, 4) is 0 Å². The van der Waals surface area contributed by atoms with E-state index in [9.17, 15) is 0 Å². The lowest BCUT2D eigenvalue weighted by molar-refractivity contribution is 0.321. The first-order valence-electron chi connectivity index (χ1n) is 6.45. The molecule has 1 aromatic rings. The summed E-state index contributed by atoms with van der Waals surface area (Å²) in [4.78, 5) is 2.25. The van der Waals surface area contributed by atoms with Gasteiger partial charge in [0.25, 0.3) is 0 Å². The third-order valence-electron chi connectivity index (χ3n) is 4.02. The lowest BCUT2D eigenvalue weighted by Gasteiger charge is -2.20. The molecular formula is C15H23N. The van der Waals surface area contributed by atoms with E-state index in [-0.39, 0.29) is 0 Å². The minimum atomic E-state index is 0.512. The smallest absolute Gasteiger partial charge is 0.0313 e. The highest BCUT2D eigenvalue weighted by molar-refractivity contribution is 5.27. The maximum Gasteiger partial charge on any atom is 0.0313 e. The van der Waals surface area contributed by atoms with Crippen molar-refractivity contribution in [3.05, 3.63) is 35.4 Å². The first-order chi connectivity index (χ1) is 7.68. The van der Waals surface area contributed by atoms with Crippen LogP contribution < -0.4 is 0 Å². The minimum absolute atomic E-state index is 0.512. The summed E-state index contributed by atoms with van der Waals surface area (Å²) in [6.45, 7) is 2.25.